The lowest BCUT2D eigenvalue weighted by molar-refractivity contribution is 0.0756. The molecule has 0 radical (unpaired) electrons. The molecule has 6 nitrogen and oxygen atoms in total. The zero-order chi connectivity index (χ0) is 18.9. The number of carbonyl (C=O) groups excluding carboxylic acids is 1. The Kier molecular flexibility index (Phi) is 4.54. The molecule has 0 spiro atoms. The second kappa shape index (κ2) is 7.33. The van der Waals surface area contributed by atoms with E-state index in [1.54, 1.807) is 11.3 Å². The van der Waals surface area contributed by atoms with Gasteiger partial charge in [0.2, 0.25) is 0 Å². The van der Waals surface area contributed by atoms with E-state index in [9.17, 15) is 4.79 Å². The maximum atomic E-state index is 13.0. The van der Waals surface area contributed by atoms with E-state index in [0.29, 0.717) is 5.69 Å². The van der Waals surface area contributed by atoms with Crippen LogP contribution < -0.4 is 0 Å². The smallest absolute Gasteiger partial charge is 0.274 e. The van der Waals surface area contributed by atoms with E-state index in [1.165, 1.54) is 4.70 Å². The Morgan fingerprint density at radius 1 is 1.04 bits per heavy atom. The maximum Gasteiger partial charge on any atom is 0.274 e. The Morgan fingerprint density at radius 3 is 2.82 bits per heavy atom. The second-order valence-electron chi connectivity index (χ2n) is 7.09. The minimum absolute atomic E-state index is 0.0275. The molecule has 0 bridgehead atoms. The van der Waals surface area contributed by atoms with Crippen LogP contribution in [-0.4, -0.2) is 56.3 Å². The summed E-state index contributed by atoms with van der Waals surface area (Å²) in [5.74, 6) is 0.0275. The first-order valence-electron chi connectivity index (χ1n) is 9.56. The van der Waals surface area contributed by atoms with Gasteiger partial charge in [0, 0.05) is 45.1 Å². The SMILES string of the molecule is O=C(c1cn2c(n1)sc1ccccc12)N1CCCN(Cc2ccccn2)CC1. The van der Waals surface area contributed by atoms with Crippen LogP contribution >= 0.6 is 11.3 Å². The van der Waals surface area contributed by atoms with Crippen LogP contribution in [0.3, 0.4) is 0 Å². The Morgan fingerprint density at radius 2 is 1.93 bits per heavy atom. The van der Waals surface area contributed by atoms with E-state index in [1.807, 2.05) is 46.0 Å². The van der Waals surface area contributed by atoms with Crippen molar-refractivity contribution in [3.05, 3.63) is 66.2 Å². The Labute approximate surface area is 167 Å². The molecule has 1 aromatic carbocycles. The molecule has 7 heteroatoms. The highest BCUT2D eigenvalue weighted by Crippen LogP contribution is 2.26. The molecule has 0 N–H and O–H groups in total. The number of hydrogen-bond donors (Lipinski definition) is 0. The van der Waals surface area contributed by atoms with Gasteiger partial charge in [-0.3, -0.25) is 19.1 Å². The number of nitrogens with zero attached hydrogens (tertiary/aromatic N) is 5. The first-order chi connectivity index (χ1) is 13.8. The molecular formula is C21H21N5OS. The standard InChI is InChI=1S/C21H21N5OS/c27-20(17-15-26-18-7-1-2-8-19(18)28-21(26)23-17)25-11-5-10-24(12-13-25)14-16-6-3-4-9-22-16/h1-4,6-9,15H,5,10-14H2. The molecule has 4 aromatic rings. The molecular weight excluding hydrogens is 370 g/mol. The Hall–Kier alpha value is -2.77. The van der Waals surface area contributed by atoms with E-state index in [2.05, 4.69) is 33.1 Å². The molecule has 5 rings (SSSR count). The summed E-state index contributed by atoms with van der Waals surface area (Å²) < 4.78 is 3.21. The summed E-state index contributed by atoms with van der Waals surface area (Å²) in [6.07, 6.45) is 4.67. The van der Waals surface area contributed by atoms with Crippen LogP contribution in [0.2, 0.25) is 0 Å². The van der Waals surface area contributed by atoms with E-state index in [4.69, 9.17) is 0 Å². The van der Waals surface area contributed by atoms with Crippen molar-refractivity contribution < 1.29 is 4.79 Å². The van der Waals surface area contributed by atoms with E-state index in [0.717, 1.165) is 55.3 Å². The van der Waals surface area contributed by atoms with Gasteiger partial charge >= 0.3 is 0 Å². The normalized spacial score (nSPS) is 15.9. The number of para-hydroxylation sites is 1. The number of aromatic nitrogens is 3. The Bertz CT molecular complexity index is 1120. The first-order valence-corrected chi connectivity index (χ1v) is 10.4. The summed E-state index contributed by atoms with van der Waals surface area (Å²) >= 11 is 1.62. The maximum absolute atomic E-state index is 13.0. The molecule has 1 aliphatic heterocycles. The summed E-state index contributed by atoms with van der Waals surface area (Å²) in [6, 6.07) is 14.2. The molecule has 1 saturated heterocycles. The van der Waals surface area contributed by atoms with Gasteiger partial charge in [0.1, 0.15) is 5.69 Å². The third-order valence-electron chi connectivity index (χ3n) is 5.21. The third-order valence-corrected chi connectivity index (χ3v) is 6.24. The zero-order valence-electron chi connectivity index (χ0n) is 15.5. The summed E-state index contributed by atoms with van der Waals surface area (Å²) in [4.78, 5) is 27.2. The van der Waals surface area contributed by atoms with Crippen molar-refractivity contribution in [2.24, 2.45) is 0 Å². The van der Waals surface area contributed by atoms with Crippen molar-refractivity contribution >= 4 is 32.4 Å². The molecule has 3 aromatic heterocycles. The summed E-state index contributed by atoms with van der Waals surface area (Å²) in [5, 5.41) is 0. The second-order valence-corrected chi connectivity index (χ2v) is 8.10. The molecule has 0 saturated carbocycles. The van der Waals surface area contributed by atoms with E-state index >= 15 is 0 Å². The molecule has 0 unspecified atom stereocenters. The number of benzene rings is 1. The molecule has 4 heterocycles. The Balaban J connectivity index is 1.30. The van der Waals surface area contributed by atoms with Gasteiger partial charge in [0.05, 0.1) is 15.9 Å². The molecule has 1 amide bonds. The molecule has 0 atom stereocenters. The van der Waals surface area contributed by atoms with Gasteiger partial charge in [-0.15, -0.1) is 0 Å². The molecule has 0 aliphatic carbocycles. The largest absolute Gasteiger partial charge is 0.336 e. The average Bonchev–Trinajstić information content (AvgIpc) is 3.19. The number of pyridine rings is 1. The van der Waals surface area contributed by atoms with Crippen LogP contribution in [0.25, 0.3) is 15.2 Å². The predicted octanol–water partition coefficient (Wildman–Crippen LogP) is 3.29. The van der Waals surface area contributed by atoms with Gasteiger partial charge in [-0.2, -0.15) is 0 Å². The number of imidazole rings is 1. The van der Waals surface area contributed by atoms with Gasteiger partial charge in [0.25, 0.3) is 5.91 Å². The number of rotatable bonds is 3. The van der Waals surface area contributed by atoms with Gasteiger partial charge in [-0.1, -0.05) is 29.5 Å². The minimum Gasteiger partial charge on any atom is -0.336 e. The highest BCUT2D eigenvalue weighted by molar-refractivity contribution is 7.23. The van der Waals surface area contributed by atoms with Gasteiger partial charge in [0.15, 0.2) is 4.96 Å². The summed E-state index contributed by atoms with van der Waals surface area (Å²) in [5.41, 5.74) is 2.71. The fourth-order valence-corrected chi connectivity index (χ4v) is 4.77. The van der Waals surface area contributed by atoms with Crippen LogP contribution in [0.15, 0.2) is 54.9 Å². The quantitative estimate of drug-likeness (QED) is 0.538. The molecule has 28 heavy (non-hydrogen) atoms. The zero-order valence-corrected chi connectivity index (χ0v) is 16.3. The monoisotopic (exact) mass is 391 g/mol. The van der Waals surface area contributed by atoms with Gasteiger partial charge < -0.3 is 4.90 Å². The van der Waals surface area contributed by atoms with E-state index < -0.39 is 0 Å². The number of carbonyl (C=O) groups is 1. The highest BCUT2D eigenvalue weighted by Gasteiger charge is 2.23. The van der Waals surface area contributed by atoms with Crippen molar-refractivity contribution in [1.29, 1.82) is 0 Å². The molecule has 142 valence electrons. The van der Waals surface area contributed by atoms with Crippen molar-refractivity contribution in [3.63, 3.8) is 0 Å². The molecule has 1 fully saturated rings. The highest BCUT2D eigenvalue weighted by atomic mass is 32.1. The van der Waals surface area contributed by atoms with Crippen LogP contribution in [0.5, 0.6) is 0 Å². The fraction of sp³-hybridized carbons (Fsp3) is 0.286. The predicted molar refractivity (Wildman–Crippen MR) is 111 cm³/mol. The van der Waals surface area contributed by atoms with Crippen LogP contribution in [-0.2, 0) is 6.54 Å². The summed E-state index contributed by atoms with van der Waals surface area (Å²) in [6.45, 7) is 4.15. The van der Waals surface area contributed by atoms with Crippen LogP contribution in [0.4, 0.5) is 0 Å². The number of fused-ring (bicyclic) bond motifs is 3. The minimum atomic E-state index is 0.0275. The molecule has 1 aliphatic rings. The van der Waals surface area contributed by atoms with E-state index in [-0.39, 0.29) is 5.91 Å². The lowest BCUT2D eigenvalue weighted by Gasteiger charge is -2.21. The lowest BCUT2D eigenvalue weighted by atomic mass is 10.3. The van der Waals surface area contributed by atoms with Crippen molar-refractivity contribution in [2.75, 3.05) is 26.2 Å². The van der Waals surface area contributed by atoms with Gasteiger partial charge in [-0.25, -0.2) is 4.98 Å². The van der Waals surface area contributed by atoms with Crippen LogP contribution in [0.1, 0.15) is 22.6 Å². The number of hydrogen-bond acceptors (Lipinski definition) is 5. The summed E-state index contributed by atoms with van der Waals surface area (Å²) in [7, 11) is 0. The number of amides is 1. The van der Waals surface area contributed by atoms with Crippen LogP contribution in [0, 0.1) is 0 Å². The average molecular weight is 392 g/mol. The van der Waals surface area contributed by atoms with Gasteiger partial charge in [-0.05, 0) is 30.7 Å². The van der Waals surface area contributed by atoms with Crippen molar-refractivity contribution in [1.82, 2.24) is 24.2 Å². The lowest BCUT2D eigenvalue weighted by Crippen LogP contribution is -2.35. The first kappa shape index (κ1) is 17.3. The fourth-order valence-electron chi connectivity index (χ4n) is 3.77. The van der Waals surface area contributed by atoms with Crippen molar-refractivity contribution in [2.45, 2.75) is 13.0 Å². The van der Waals surface area contributed by atoms with Crippen molar-refractivity contribution in [3.8, 4) is 0 Å². The number of thiazole rings is 1. The third kappa shape index (κ3) is 3.27. The topological polar surface area (TPSA) is 53.7 Å².